The molecule has 16 heavy (non-hydrogen) atoms. The van der Waals surface area contributed by atoms with Crippen molar-refractivity contribution in [3.8, 4) is 21.1 Å². The SMILES string of the molecule is Cn1cnc(-c2cccs2)c1-c1cccs1. The van der Waals surface area contributed by atoms with Crippen molar-refractivity contribution in [1.82, 2.24) is 9.55 Å². The number of aryl methyl sites for hydroxylation is 1. The first-order chi connectivity index (χ1) is 7.86. The molecule has 2 nitrogen and oxygen atoms in total. The molecule has 0 amide bonds. The van der Waals surface area contributed by atoms with Gasteiger partial charge in [-0.05, 0) is 22.9 Å². The quantitative estimate of drug-likeness (QED) is 0.671. The summed E-state index contributed by atoms with van der Waals surface area (Å²) in [5.74, 6) is 0. The summed E-state index contributed by atoms with van der Waals surface area (Å²) < 4.78 is 2.08. The Balaban J connectivity index is 2.21. The first-order valence-corrected chi connectivity index (χ1v) is 6.71. The highest BCUT2D eigenvalue weighted by Crippen LogP contribution is 2.35. The second kappa shape index (κ2) is 3.88. The molecule has 0 N–H and O–H groups in total. The summed E-state index contributed by atoms with van der Waals surface area (Å²) in [5, 5.41) is 4.18. The zero-order valence-electron chi connectivity index (χ0n) is 8.75. The van der Waals surface area contributed by atoms with Crippen molar-refractivity contribution in [2.24, 2.45) is 7.05 Å². The molecule has 0 bridgehead atoms. The zero-order chi connectivity index (χ0) is 11.0. The van der Waals surface area contributed by atoms with Gasteiger partial charge >= 0.3 is 0 Å². The summed E-state index contributed by atoms with van der Waals surface area (Å²) in [4.78, 5) is 6.99. The van der Waals surface area contributed by atoms with E-state index in [0.717, 1.165) is 5.69 Å². The average Bonchev–Trinajstić information content (AvgIpc) is 2.96. The lowest BCUT2D eigenvalue weighted by Gasteiger charge is -2.01. The Morgan fingerprint density at radius 2 is 1.75 bits per heavy atom. The van der Waals surface area contributed by atoms with Crippen LogP contribution < -0.4 is 0 Å². The Hall–Kier alpha value is -1.39. The molecule has 0 aliphatic rings. The van der Waals surface area contributed by atoms with Gasteiger partial charge < -0.3 is 4.57 Å². The van der Waals surface area contributed by atoms with E-state index in [1.54, 1.807) is 22.7 Å². The fraction of sp³-hybridized carbons (Fsp3) is 0.0833. The van der Waals surface area contributed by atoms with Crippen molar-refractivity contribution in [3.05, 3.63) is 41.4 Å². The lowest BCUT2D eigenvalue weighted by molar-refractivity contribution is 0.923. The lowest BCUT2D eigenvalue weighted by atomic mass is 10.2. The van der Waals surface area contributed by atoms with E-state index in [9.17, 15) is 0 Å². The van der Waals surface area contributed by atoms with Crippen LogP contribution in [0.2, 0.25) is 0 Å². The van der Waals surface area contributed by atoms with Gasteiger partial charge in [0, 0.05) is 7.05 Å². The largest absolute Gasteiger partial charge is 0.333 e. The molecule has 80 valence electrons. The molecule has 0 radical (unpaired) electrons. The van der Waals surface area contributed by atoms with Crippen molar-refractivity contribution in [3.63, 3.8) is 0 Å². The monoisotopic (exact) mass is 246 g/mol. The van der Waals surface area contributed by atoms with Crippen LogP contribution in [-0.2, 0) is 7.05 Å². The highest BCUT2D eigenvalue weighted by Gasteiger charge is 2.14. The normalized spacial score (nSPS) is 10.8. The molecule has 0 unspecified atom stereocenters. The van der Waals surface area contributed by atoms with Gasteiger partial charge in [-0.3, -0.25) is 0 Å². The van der Waals surface area contributed by atoms with Crippen LogP contribution in [0.3, 0.4) is 0 Å². The summed E-state index contributed by atoms with van der Waals surface area (Å²) in [6, 6.07) is 8.39. The minimum atomic E-state index is 1.08. The van der Waals surface area contributed by atoms with Crippen LogP contribution in [0.25, 0.3) is 21.1 Å². The van der Waals surface area contributed by atoms with Crippen LogP contribution in [0.4, 0.5) is 0 Å². The first kappa shape index (κ1) is 9.81. The molecular weight excluding hydrogens is 236 g/mol. The number of hydrogen-bond acceptors (Lipinski definition) is 3. The van der Waals surface area contributed by atoms with E-state index in [2.05, 4.69) is 44.6 Å². The minimum absolute atomic E-state index is 1.08. The van der Waals surface area contributed by atoms with Crippen LogP contribution in [0.15, 0.2) is 41.4 Å². The Morgan fingerprint density at radius 1 is 1.06 bits per heavy atom. The Bertz CT molecular complexity index is 577. The minimum Gasteiger partial charge on any atom is -0.333 e. The summed E-state index contributed by atoms with van der Waals surface area (Å²) in [5.41, 5.74) is 2.29. The van der Waals surface area contributed by atoms with Crippen molar-refractivity contribution in [2.45, 2.75) is 0 Å². The molecule has 0 aliphatic heterocycles. The molecule has 0 aromatic carbocycles. The molecule has 0 aliphatic carbocycles. The third-order valence-corrected chi connectivity index (χ3v) is 4.20. The molecule has 0 fully saturated rings. The molecular formula is C12H10N2S2. The molecule has 0 saturated heterocycles. The van der Waals surface area contributed by atoms with Gasteiger partial charge in [0.05, 0.1) is 21.8 Å². The summed E-state index contributed by atoms with van der Waals surface area (Å²) >= 11 is 3.48. The van der Waals surface area contributed by atoms with Gasteiger partial charge in [0.1, 0.15) is 5.69 Å². The van der Waals surface area contributed by atoms with Gasteiger partial charge in [0.2, 0.25) is 0 Å². The van der Waals surface area contributed by atoms with Crippen LogP contribution >= 0.6 is 22.7 Å². The van der Waals surface area contributed by atoms with Crippen molar-refractivity contribution < 1.29 is 0 Å². The third-order valence-electron chi connectivity index (χ3n) is 2.45. The van der Waals surface area contributed by atoms with Crippen molar-refractivity contribution in [1.29, 1.82) is 0 Å². The second-order valence-electron chi connectivity index (χ2n) is 3.51. The van der Waals surface area contributed by atoms with Gasteiger partial charge in [0.15, 0.2) is 0 Å². The van der Waals surface area contributed by atoms with Crippen LogP contribution in [-0.4, -0.2) is 9.55 Å². The number of rotatable bonds is 2. The molecule has 3 rings (SSSR count). The average molecular weight is 246 g/mol. The Labute approximate surface area is 102 Å². The van der Waals surface area contributed by atoms with E-state index in [1.165, 1.54) is 15.4 Å². The highest BCUT2D eigenvalue weighted by molar-refractivity contribution is 7.14. The predicted molar refractivity (Wildman–Crippen MR) is 69.8 cm³/mol. The van der Waals surface area contributed by atoms with E-state index in [1.807, 2.05) is 13.4 Å². The summed E-state index contributed by atoms with van der Waals surface area (Å²) in [6.45, 7) is 0. The molecule has 0 spiro atoms. The molecule has 3 aromatic rings. The lowest BCUT2D eigenvalue weighted by Crippen LogP contribution is -1.88. The highest BCUT2D eigenvalue weighted by atomic mass is 32.1. The Morgan fingerprint density at radius 3 is 2.38 bits per heavy atom. The summed E-state index contributed by atoms with van der Waals surface area (Å²) in [7, 11) is 2.04. The van der Waals surface area contributed by atoms with Gasteiger partial charge in [-0.2, -0.15) is 0 Å². The second-order valence-corrected chi connectivity index (χ2v) is 5.40. The molecule has 0 saturated carbocycles. The number of hydrogen-bond donors (Lipinski definition) is 0. The third kappa shape index (κ3) is 1.50. The molecule has 0 atom stereocenters. The maximum absolute atomic E-state index is 4.49. The van der Waals surface area contributed by atoms with E-state index in [-0.39, 0.29) is 0 Å². The van der Waals surface area contributed by atoms with Gasteiger partial charge in [0.25, 0.3) is 0 Å². The van der Waals surface area contributed by atoms with Crippen LogP contribution in [0.1, 0.15) is 0 Å². The van der Waals surface area contributed by atoms with Gasteiger partial charge in [-0.1, -0.05) is 12.1 Å². The fourth-order valence-electron chi connectivity index (χ4n) is 1.73. The van der Waals surface area contributed by atoms with E-state index >= 15 is 0 Å². The van der Waals surface area contributed by atoms with E-state index in [0.29, 0.717) is 0 Å². The maximum Gasteiger partial charge on any atom is 0.107 e. The number of aromatic nitrogens is 2. The molecule has 4 heteroatoms. The van der Waals surface area contributed by atoms with Gasteiger partial charge in [-0.15, -0.1) is 22.7 Å². The van der Waals surface area contributed by atoms with E-state index < -0.39 is 0 Å². The summed E-state index contributed by atoms with van der Waals surface area (Å²) in [6.07, 6.45) is 1.88. The van der Waals surface area contributed by atoms with Crippen molar-refractivity contribution in [2.75, 3.05) is 0 Å². The smallest absolute Gasteiger partial charge is 0.107 e. The molecule has 3 aromatic heterocycles. The topological polar surface area (TPSA) is 17.8 Å². The number of imidazole rings is 1. The number of thiophene rings is 2. The fourth-order valence-corrected chi connectivity index (χ4v) is 3.26. The van der Waals surface area contributed by atoms with Crippen LogP contribution in [0.5, 0.6) is 0 Å². The van der Waals surface area contributed by atoms with Crippen molar-refractivity contribution >= 4 is 22.7 Å². The first-order valence-electron chi connectivity index (χ1n) is 4.95. The van der Waals surface area contributed by atoms with E-state index in [4.69, 9.17) is 0 Å². The van der Waals surface area contributed by atoms with Crippen LogP contribution in [0, 0.1) is 0 Å². The Kier molecular flexibility index (Phi) is 2.38. The molecule has 3 heterocycles. The predicted octanol–water partition coefficient (Wildman–Crippen LogP) is 3.88. The zero-order valence-corrected chi connectivity index (χ0v) is 10.4. The number of nitrogens with zero attached hydrogens (tertiary/aromatic N) is 2. The maximum atomic E-state index is 4.49. The standard InChI is InChI=1S/C12H10N2S2/c1-14-8-13-11(9-4-2-6-15-9)12(14)10-5-3-7-16-10/h2-8H,1H3. The van der Waals surface area contributed by atoms with Gasteiger partial charge in [-0.25, -0.2) is 4.98 Å².